The van der Waals surface area contributed by atoms with Crippen molar-refractivity contribution in [1.29, 1.82) is 0 Å². The smallest absolute Gasteiger partial charge is 0.321 e. The Morgan fingerprint density at radius 1 is 1.19 bits per heavy atom. The molecule has 0 bridgehead atoms. The molecule has 0 aliphatic heterocycles. The molecule has 1 unspecified atom stereocenters. The second-order valence-corrected chi connectivity index (χ2v) is 4.19. The molecule has 0 aromatic heterocycles. The summed E-state index contributed by atoms with van der Waals surface area (Å²) in [5.41, 5.74) is 0. The molecule has 16 heavy (non-hydrogen) atoms. The third-order valence-corrected chi connectivity index (χ3v) is 2.25. The number of unbranched alkanes of at least 4 members (excludes halogenated alkanes) is 1. The molecular formula is C13H19ClO2. The first-order valence-corrected chi connectivity index (χ1v) is 5.93. The van der Waals surface area contributed by atoms with E-state index >= 15 is 0 Å². The van der Waals surface area contributed by atoms with E-state index < -0.39 is 11.3 Å². The summed E-state index contributed by atoms with van der Waals surface area (Å²) >= 11 is 5.01. The number of rotatable bonds is 2. The molecule has 2 rings (SSSR count). The van der Waals surface area contributed by atoms with E-state index in [0.29, 0.717) is 0 Å². The van der Waals surface area contributed by atoms with Gasteiger partial charge in [0, 0.05) is 0 Å². The van der Waals surface area contributed by atoms with Gasteiger partial charge in [-0.1, -0.05) is 51.0 Å². The second-order valence-electron chi connectivity index (χ2n) is 3.53. The molecule has 2 aliphatic carbocycles. The van der Waals surface area contributed by atoms with Crippen LogP contribution in [0.2, 0.25) is 0 Å². The molecule has 3 heteroatoms. The molecule has 0 amide bonds. The quantitative estimate of drug-likeness (QED) is 0.814. The van der Waals surface area contributed by atoms with Crippen LogP contribution in [0, 0.1) is 10.4 Å². The third kappa shape index (κ3) is 5.76. The number of aliphatic carboxylic acids is 1. The molecule has 2 nitrogen and oxygen atoms in total. The zero-order chi connectivity index (χ0) is 12.6. The van der Waals surface area contributed by atoms with Crippen LogP contribution in [-0.2, 0) is 4.79 Å². The number of carbonyl (C=O) groups is 1. The van der Waals surface area contributed by atoms with E-state index in [9.17, 15) is 4.79 Å². The van der Waals surface area contributed by atoms with Crippen LogP contribution in [0.3, 0.4) is 0 Å². The number of carboxylic acids is 1. The maximum absolute atomic E-state index is 9.57. The van der Waals surface area contributed by atoms with Crippen LogP contribution in [0.4, 0.5) is 0 Å². The first-order chi connectivity index (χ1) is 7.52. The van der Waals surface area contributed by atoms with Crippen molar-refractivity contribution in [3.63, 3.8) is 0 Å². The third-order valence-electron chi connectivity index (χ3n) is 2.06. The van der Waals surface area contributed by atoms with Gasteiger partial charge in [-0.3, -0.25) is 4.79 Å². The lowest BCUT2D eigenvalue weighted by Gasteiger charge is -1.95. The Hall–Kier alpha value is -1.02. The molecule has 0 saturated heterocycles. The average molecular weight is 243 g/mol. The van der Waals surface area contributed by atoms with Crippen LogP contribution >= 0.6 is 11.6 Å². The zero-order valence-corrected chi connectivity index (χ0v) is 10.8. The standard InChI is InChI=1S/C6H4.C4H10.C3H5ClO2/c1-2-6-4-3-5(1)6;1-3-4-2;1-2(4)3(5)6/h1-4H;3-4H2,1-2H3;2H,1H3,(H,5,6). The molecule has 1 N–H and O–H groups in total. The number of benzene rings is 1. The molecule has 0 saturated carbocycles. The SMILES string of the molecule is CC(Cl)C(=O)O.CCCC.c1cc2ccc1=2. The summed E-state index contributed by atoms with van der Waals surface area (Å²) in [4.78, 5) is 9.57. The Balaban J connectivity index is 0.000000217. The molecule has 0 heterocycles. The van der Waals surface area contributed by atoms with Gasteiger partial charge in [0.15, 0.2) is 0 Å². The van der Waals surface area contributed by atoms with Crippen molar-refractivity contribution < 1.29 is 9.90 Å². The summed E-state index contributed by atoms with van der Waals surface area (Å²) in [5.74, 6) is -0.975. The summed E-state index contributed by atoms with van der Waals surface area (Å²) < 4.78 is 0. The van der Waals surface area contributed by atoms with Gasteiger partial charge in [0.05, 0.1) is 0 Å². The summed E-state index contributed by atoms with van der Waals surface area (Å²) in [7, 11) is 0. The average Bonchev–Trinajstić information content (AvgIpc) is 2.24. The van der Waals surface area contributed by atoms with Crippen molar-refractivity contribution in [2.75, 3.05) is 0 Å². The lowest BCUT2D eigenvalue weighted by Crippen LogP contribution is -2.06. The van der Waals surface area contributed by atoms with Crippen LogP contribution in [0.5, 0.6) is 0 Å². The molecule has 0 spiro atoms. The summed E-state index contributed by atoms with van der Waals surface area (Å²) in [6.07, 6.45) is 2.64. The fraction of sp³-hybridized carbons (Fsp3) is 0.462. The van der Waals surface area contributed by atoms with E-state index in [-0.39, 0.29) is 0 Å². The zero-order valence-electron chi connectivity index (χ0n) is 10.0. The summed E-state index contributed by atoms with van der Waals surface area (Å²) in [6.45, 7) is 5.77. The lowest BCUT2D eigenvalue weighted by molar-refractivity contribution is -0.136. The Kier molecular flexibility index (Phi) is 7.65. The van der Waals surface area contributed by atoms with Gasteiger partial charge in [0.25, 0.3) is 0 Å². The Morgan fingerprint density at radius 2 is 1.44 bits per heavy atom. The van der Waals surface area contributed by atoms with E-state index in [1.807, 2.05) is 0 Å². The van der Waals surface area contributed by atoms with E-state index in [2.05, 4.69) is 38.1 Å². The van der Waals surface area contributed by atoms with Crippen LogP contribution in [0.15, 0.2) is 24.3 Å². The van der Waals surface area contributed by atoms with Crippen molar-refractivity contribution in [2.45, 2.75) is 39.0 Å². The Morgan fingerprint density at radius 3 is 1.44 bits per heavy atom. The van der Waals surface area contributed by atoms with Gasteiger partial charge < -0.3 is 5.11 Å². The minimum absolute atomic E-state index is 0.759. The highest BCUT2D eigenvalue weighted by Crippen LogP contribution is 2.04. The van der Waals surface area contributed by atoms with Crippen molar-refractivity contribution >= 4 is 17.6 Å². The van der Waals surface area contributed by atoms with Crippen molar-refractivity contribution in [1.82, 2.24) is 0 Å². The maximum atomic E-state index is 9.57. The van der Waals surface area contributed by atoms with E-state index in [4.69, 9.17) is 16.7 Å². The fourth-order valence-electron chi connectivity index (χ4n) is 0.663. The normalized spacial score (nSPS) is 11.2. The number of carboxylic acid groups (broad SMARTS) is 1. The topological polar surface area (TPSA) is 37.3 Å². The summed E-state index contributed by atoms with van der Waals surface area (Å²) in [6, 6.07) is 8.48. The predicted octanol–water partition coefficient (Wildman–Crippen LogP) is 3.79. The molecule has 0 radical (unpaired) electrons. The molecule has 2 aliphatic rings. The molecule has 0 fully saturated rings. The predicted molar refractivity (Wildman–Crippen MR) is 67.6 cm³/mol. The van der Waals surface area contributed by atoms with Crippen LogP contribution in [0.1, 0.15) is 33.6 Å². The highest BCUT2D eigenvalue weighted by atomic mass is 35.5. The highest BCUT2D eigenvalue weighted by molar-refractivity contribution is 6.29. The van der Waals surface area contributed by atoms with Gasteiger partial charge in [-0.25, -0.2) is 0 Å². The molecular weight excluding hydrogens is 224 g/mol. The van der Waals surface area contributed by atoms with Crippen LogP contribution in [0.25, 0.3) is 0 Å². The van der Waals surface area contributed by atoms with Gasteiger partial charge in [-0.15, -0.1) is 11.6 Å². The Labute approximate surface area is 102 Å². The van der Waals surface area contributed by atoms with Gasteiger partial charge in [0.2, 0.25) is 0 Å². The first-order valence-electron chi connectivity index (χ1n) is 5.50. The van der Waals surface area contributed by atoms with Crippen LogP contribution < -0.4 is 0 Å². The van der Waals surface area contributed by atoms with Crippen molar-refractivity contribution in [3.05, 3.63) is 34.7 Å². The molecule has 90 valence electrons. The summed E-state index contributed by atoms with van der Waals surface area (Å²) in [5, 5.41) is 9.95. The van der Waals surface area contributed by atoms with Crippen molar-refractivity contribution in [3.8, 4) is 0 Å². The minimum Gasteiger partial charge on any atom is -0.480 e. The lowest BCUT2D eigenvalue weighted by atomic mass is 10.1. The fourth-order valence-corrected chi connectivity index (χ4v) is 0.663. The molecule has 1 atom stereocenters. The van der Waals surface area contributed by atoms with E-state index in [1.54, 1.807) is 0 Å². The number of halogens is 1. The van der Waals surface area contributed by atoms with Gasteiger partial charge in [-0.05, 0) is 17.4 Å². The minimum atomic E-state index is -0.975. The van der Waals surface area contributed by atoms with Gasteiger partial charge >= 0.3 is 5.97 Å². The largest absolute Gasteiger partial charge is 0.480 e. The number of hydrogen-bond donors (Lipinski definition) is 1. The Bertz CT molecular complexity index is 346. The number of alkyl halides is 1. The van der Waals surface area contributed by atoms with Gasteiger partial charge in [0.1, 0.15) is 5.38 Å². The van der Waals surface area contributed by atoms with E-state index in [0.717, 1.165) is 0 Å². The molecule has 0 aromatic carbocycles. The van der Waals surface area contributed by atoms with Gasteiger partial charge in [-0.2, -0.15) is 0 Å². The van der Waals surface area contributed by atoms with Crippen LogP contribution in [-0.4, -0.2) is 16.5 Å². The highest BCUT2D eigenvalue weighted by Gasteiger charge is 2.02. The first kappa shape index (κ1) is 15.0. The second kappa shape index (κ2) is 8.17. The monoisotopic (exact) mass is 242 g/mol. The van der Waals surface area contributed by atoms with Crippen molar-refractivity contribution in [2.24, 2.45) is 0 Å². The maximum Gasteiger partial charge on any atom is 0.321 e. The molecule has 0 aromatic rings. The van der Waals surface area contributed by atoms with E-state index in [1.165, 1.54) is 30.2 Å². The number of hydrogen-bond acceptors (Lipinski definition) is 1.